The predicted molar refractivity (Wildman–Crippen MR) is 87.2 cm³/mol. The highest BCUT2D eigenvalue weighted by Gasteiger charge is 2.15. The molecular weight excluding hydrogens is 280 g/mol. The number of nitrogens with zero attached hydrogens (tertiary/aromatic N) is 3. The van der Waals surface area contributed by atoms with Crippen LogP contribution in [0.5, 0.6) is 0 Å². The molecule has 110 valence electrons. The Labute approximate surface area is 130 Å². The SMILES string of the molecule is Cc1cc(C)nc(Sc2ccccc2N2CCNCC2)n1. The van der Waals surface area contributed by atoms with Gasteiger partial charge in [-0.05, 0) is 43.8 Å². The van der Waals surface area contributed by atoms with Crippen LogP contribution in [0.15, 0.2) is 40.4 Å². The van der Waals surface area contributed by atoms with Crippen molar-refractivity contribution in [1.29, 1.82) is 0 Å². The van der Waals surface area contributed by atoms with Gasteiger partial charge >= 0.3 is 0 Å². The van der Waals surface area contributed by atoms with Gasteiger partial charge in [0.15, 0.2) is 5.16 Å². The zero-order valence-corrected chi connectivity index (χ0v) is 13.3. The van der Waals surface area contributed by atoms with E-state index in [1.54, 1.807) is 11.8 Å². The minimum atomic E-state index is 0.829. The Morgan fingerprint density at radius 3 is 2.43 bits per heavy atom. The van der Waals surface area contributed by atoms with E-state index < -0.39 is 0 Å². The van der Waals surface area contributed by atoms with E-state index in [1.807, 2.05) is 19.9 Å². The van der Waals surface area contributed by atoms with Crippen LogP contribution in [0.25, 0.3) is 0 Å². The van der Waals surface area contributed by atoms with Crippen molar-refractivity contribution in [3.63, 3.8) is 0 Å². The van der Waals surface area contributed by atoms with Crippen LogP contribution in [0, 0.1) is 13.8 Å². The van der Waals surface area contributed by atoms with E-state index in [9.17, 15) is 0 Å². The van der Waals surface area contributed by atoms with Crippen LogP contribution < -0.4 is 10.2 Å². The molecule has 0 radical (unpaired) electrons. The first-order chi connectivity index (χ1) is 10.2. The fourth-order valence-electron chi connectivity index (χ4n) is 2.55. The molecule has 0 unspecified atom stereocenters. The van der Waals surface area contributed by atoms with Crippen LogP contribution in [-0.2, 0) is 0 Å². The average molecular weight is 300 g/mol. The lowest BCUT2D eigenvalue weighted by Gasteiger charge is -2.30. The zero-order chi connectivity index (χ0) is 14.7. The van der Waals surface area contributed by atoms with Crippen molar-refractivity contribution in [3.05, 3.63) is 41.7 Å². The van der Waals surface area contributed by atoms with Gasteiger partial charge in [0.1, 0.15) is 0 Å². The molecule has 4 nitrogen and oxygen atoms in total. The summed E-state index contributed by atoms with van der Waals surface area (Å²) < 4.78 is 0. The summed E-state index contributed by atoms with van der Waals surface area (Å²) in [4.78, 5) is 12.7. The third kappa shape index (κ3) is 3.54. The van der Waals surface area contributed by atoms with Gasteiger partial charge in [-0.3, -0.25) is 0 Å². The Hall–Kier alpha value is -1.59. The van der Waals surface area contributed by atoms with Crippen molar-refractivity contribution in [3.8, 4) is 0 Å². The fourth-order valence-corrected chi connectivity index (χ4v) is 3.57. The monoisotopic (exact) mass is 300 g/mol. The second kappa shape index (κ2) is 6.45. The number of aromatic nitrogens is 2. The van der Waals surface area contributed by atoms with Crippen LogP contribution in [0.3, 0.4) is 0 Å². The van der Waals surface area contributed by atoms with E-state index in [0.29, 0.717) is 0 Å². The summed E-state index contributed by atoms with van der Waals surface area (Å²) in [6.45, 7) is 8.20. The van der Waals surface area contributed by atoms with E-state index in [1.165, 1.54) is 10.6 Å². The highest BCUT2D eigenvalue weighted by Crippen LogP contribution is 2.33. The maximum atomic E-state index is 4.54. The standard InChI is InChI=1S/C16H20N4S/c1-12-11-13(2)19-16(18-12)21-15-6-4-3-5-14(15)20-9-7-17-8-10-20/h3-6,11,17H,7-10H2,1-2H3. The minimum Gasteiger partial charge on any atom is -0.368 e. The Morgan fingerprint density at radius 2 is 1.71 bits per heavy atom. The Morgan fingerprint density at radius 1 is 1.05 bits per heavy atom. The number of benzene rings is 1. The summed E-state index contributed by atoms with van der Waals surface area (Å²) in [6, 6.07) is 10.5. The minimum absolute atomic E-state index is 0.829. The van der Waals surface area contributed by atoms with Gasteiger partial charge in [0.2, 0.25) is 0 Å². The first-order valence-electron chi connectivity index (χ1n) is 7.27. The molecular formula is C16H20N4S. The molecule has 1 aliphatic heterocycles. The molecule has 1 saturated heterocycles. The highest BCUT2D eigenvalue weighted by atomic mass is 32.2. The largest absolute Gasteiger partial charge is 0.368 e. The van der Waals surface area contributed by atoms with E-state index in [4.69, 9.17) is 0 Å². The summed E-state index contributed by atoms with van der Waals surface area (Å²) >= 11 is 1.65. The van der Waals surface area contributed by atoms with Gasteiger partial charge in [-0.25, -0.2) is 9.97 Å². The van der Waals surface area contributed by atoms with Crippen LogP contribution in [0.4, 0.5) is 5.69 Å². The topological polar surface area (TPSA) is 41.1 Å². The third-order valence-electron chi connectivity index (χ3n) is 3.49. The molecule has 0 amide bonds. The first kappa shape index (κ1) is 14.4. The van der Waals surface area contributed by atoms with Crippen LogP contribution in [0.1, 0.15) is 11.4 Å². The number of rotatable bonds is 3. The lowest BCUT2D eigenvalue weighted by atomic mass is 10.2. The summed E-state index contributed by atoms with van der Waals surface area (Å²) in [7, 11) is 0. The lowest BCUT2D eigenvalue weighted by Crippen LogP contribution is -2.43. The fraction of sp³-hybridized carbons (Fsp3) is 0.375. The van der Waals surface area contributed by atoms with Gasteiger partial charge in [-0.15, -0.1) is 0 Å². The van der Waals surface area contributed by atoms with E-state index in [0.717, 1.165) is 42.7 Å². The number of hydrogen-bond donors (Lipinski definition) is 1. The molecule has 1 aliphatic rings. The number of anilines is 1. The van der Waals surface area contributed by atoms with E-state index in [-0.39, 0.29) is 0 Å². The summed E-state index contributed by atoms with van der Waals surface area (Å²) in [5.74, 6) is 0. The molecule has 2 aromatic rings. The summed E-state index contributed by atoms with van der Waals surface area (Å²) in [6.07, 6.45) is 0. The predicted octanol–water partition coefficient (Wildman–Crippen LogP) is 2.65. The molecule has 21 heavy (non-hydrogen) atoms. The average Bonchev–Trinajstić information content (AvgIpc) is 2.48. The number of hydrogen-bond acceptors (Lipinski definition) is 5. The second-order valence-electron chi connectivity index (χ2n) is 5.24. The molecule has 0 bridgehead atoms. The molecule has 1 aromatic heterocycles. The van der Waals surface area contributed by atoms with Crippen molar-refractivity contribution in [2.45, 2.75) is 23.9 Å². The van der Waals surface area contributed by atoms with Gasteiger partial charge < -0.3 is 10.2 Å². The van der Waals surface area contributed by atoms with Gasteiger partial charge in [0, 0.05) is 42.5 Å². The molecule has 2 heterocycles. The first-order valence-corrected chi connectivity index (χ1v) is 8.09. The molecule has 0 saturated carbocycles. The van der Waals surface area contributed by atoms with Crippen LogP contribution in [-0.4, -0.2) is 36.1 Å². The third-order valence-corrected chi connectivity index (χ3v) is 4.42. The molecule has 0 atom stereocenters. The Balaban J connectivity index is 1.87. The molecule has 1 aromatic carbocycles. The number of piperazine rings is 1. The maximum Gasteiger partial charge on any atom is 0.192 e. The molecule has 3 rings (SSSR count). The highest BCUT2D eigenvalue weighted by molar-refractivity contribution is 7.99. The number of aryl methyl sites for hydroxylation is 2. The van der Waals surface area contributed by atoms with E-state index in [2.05, 4.69) is 44.5 Å². The summed E-state index contributed by atoms with van der Waals surface area (Å²) in [5, 5.41) is 4.22. The van der Waals surface area contributed by atoms with Gasteiger partial charge in [0.25, 0.3) is 0 Å². The number of nitrogens with one attached hydrogen (secondary N) is 1. The van der Waals surface area contributed by atoms with Gasteiger partial charge in [-0.1, -0.05) is 12.1 Å². The van der Waals surface area contributed by atoms with Gasteiger partial charge in [0.05, 0.1) is 5.69 Å². The summed E-state index contributed by atoms with van der Waals surface area (Å²) in [5.41, 5.74) is 3.32. The number of para-hydroxylation sites is 1. The van der Waals surface area contributed by atoms with Crippen molar-refractivity contribution >= 4 is 17.4 Å². The smallest absolute Gasteiger partial charge is 0.192 e. The Kier molecular flexibility index (Phi) is 4.41. The van der Waals surface area contributed by atoms with E-state index >= 15 is 0 Å². The molecule has 1 fully saturated rings. The lowest BCUT2D eigenvalue weighted by molar-refractivity contribution is 0.587. The van der Waals surface area contributed by atoms with Gasteiger partial charge in [-0.2, -0.15) is 0 Å². The molecule has 0 spiro atoms. The van der Waals surface area contributed by atoms with Crippen molar-refractivity contribution in [2.24, 2.45) is 0 Å². The zero-order valence-electron chi connectivity index (χ0n) is 12.5. The quantitative estimate of drug-likeness (QED) is 0.883. The normalized spacial score (nSPS) is 15.2. The van der Waals surface area contributed by atoms with Crippen molar-refractivity contribution in [2.75, 3.05) is 31.1 Å². The molecule has 1 N–H and O–H groups in total. The Bertz CT molecular complexity index is 603. The van der Waals surface area contributed by atoms with Crippen LogP contribution >= 0.6 is 11.8 Å². The van der Waals surface area contributed by atoms with Crippen LogP contribution in [0.2, 0.25) is 0 Å². The second-order valence-corrected chi connectivity index (χ2v) is 6.25. The van der Waals surface area contributed by atoms with Crippen molar-refractivity contribution in [1.82, 2.24) is 15.3 Å². The molecule has 0 aliphatic carbocycles. The molecule has 5 heteroatoms. The van der Waals surface area contributed by atoms with Crippen molar-refractivity contribution < 1.29 is 0 Å². The maximum absolute atomic E-state index is 4.54.